The van der Waals surface area contributed by atoms with Gasteiger partial charge < -0.3 is 10.2 Å². The lowest BCUT2D eigenvalue weighted by Crippen LogP contribution is -2.47. The third kappa shape index (κ3) is 5.56. The quantitative estimate of drug-likeness (QED) is 0.360. The Morgan fingerprint density at radius 1 is 1.05 bits per heavy atom. The molecule has 1 aliphatic heterocycles. The van der Waals surface area contributed by atoms with E-state index in [1.807, 2.05) is 25.1 Å². The maximum Gasteiger partial charge on any atom is 0.265 e. The van der Waals surface area contributed by atoms with Crippen molar-refractivity contribution in [2.45, 2.75) is 50.6 Å². The second-order valence-electron chi connectivity index (χ2n) is 9.05. The van der Waals surface area contributed by atoms with Crippen LogP contribution in [0.5, 0.6) is 0 Å². The number of hydrogen-bond acceptors (Lipinski definition) is 4. The van der Waals surface area contributed by atoms with Crippen LogP contribution in [0.3, 0.4) is 0 Å². The number of sulfonamides is 1. The molecule has 4 rings (SSSR count). The molecule has 10 heteroatoms. The Hall–Kier alpha value is -2.81. The molecule has 0 aliphatic carbocycles. The van der Waals surface area contributed by atoms with Crippen LogP contribution in [0.1, 0.15) is 38.7 Å². The highest BCUT2D eigenvalue weighted by atomic mass is 35.5. The summed E-state index contributed by atoms with van der Waals surface area (Å²) in [4.78, 5) is 27.9. The van der Waals surface area contributed by atoms with Gasteiger partial charge in [0.05, 0.1) is 20.6 Å². The van der Waals surface area contributed by atoms with Crippen molar-refractivity contribution in [3.05, 3.63) is 70.2 Å². The van der Waals surface area contributed by atoms with Crippen molar-refractivity contribution < 1.29 is 18.0 Å². The predicted octanol–water partition coefficient (Wildman–Crippen LogP) is 5.38. The summed E-state index contributed by atoms with van der Waals surface area (Å²) in [7, 11) is -3.70. The van der Waals surface area contributed by atoms with Gasteiger partial charge in [-0.15, -0.1) is 0 Å². The fraction of sp³-hybridized carbons (Fsp3) is 0.333. The SMILES string of the molecule is CCCNC(=O)C(C)N(Cc1ccc(Cl)c(Cl)c1)C(=O)CCCN1c2cccc3cccc(c23)S1(=O)=O. The number of benzene rings is 3. The number of amides is 2. The molecule has 2 amide bonds. The third-order valence-corrected chi connectivity index (χ3v) is 9.08. The van der Waals surface area contributed by atoms with Gasteiger partial charge in [0, 0.05) is 31.4 Å². The molecule has 1 atom stereocenters. The van der Waals surface area contributed by atoms with E-state index in [9.17, 15) is 18.0 Å². The van der Waals surface area contributed by atoms with E-state index in [0.29, 0.717) is 34.1 Å². The van der Waals surface area contributed by atoms with E-state index in [4.69, 9.17) is 23.2 Å². The van der Waals surface area contributed by atoms with E-state index in [2.05, 4.69) is 5.32 Å². The number of carbonyl (C=O) groups excluding carboxylic acids is 2. The minimum atomic E-state index is -3.70. The predicted molar refractivity (Wildman–Crippen MR) is 147 cm³/mol. The van der Waals surface area contributed by atoms with Crippen LogP contribution in [0.4, 0.5) is 5.69 Å². The molecule has 0 aromatic heterocycles. The van der Waals surface area contributed by atoms with Gasteiger partial charge in [-0.3, -0.25) is 13.9 Å². The highest BCUT2D eigenvalue weighted by Gasteiger charge is 2.35. The van der Waals surface area contributed by atoms with Gasteiger partial charge in [-0.1, -0.05) is 60.5 Å². The second-order valence-corrected chi connectivity index (χ2v) is 11.7. The van der Waals surface area contributed by atoms with E-state index < -0.39 is 16.1 Å². The lowest BCUT2D eigenvalue weighted by molar-refractivity contribution is -0.140. The van der Waals surface area contributed by atoms with Crippen LogP contribution in [0.15, 0.2) is 59.5 Å². The van der Waals surface area contributed by atoms with Gasteiger partial charge in [0.1, 0.15) is 6.04 Å². The molecule has 0 bridgehead atoms. The summed E-state index contributed by atoms with van der Waals surface area (Å²) in [6, 6.07) is 15.1. The van der Waals surface area contributed by atoms with Crippen LogP contribution in [-0.4, -0.2) is 44.3 Å². The molecular formula is C27H29Cl2N3O4S. The maximum absolute atomic E-state index is 13.4. The first kappa shape index (κ1) is 27.2. The number of anilines is 1. The molecule has 1 N–H and O–H groups in total. The number of nitrogens with one attached hydrogen (secondary N) is 1. The smallest absolute Gasteiger partial charge is 0.265 e. The van der Waals surface area contributed by atoms with Crippen LogP contribution in [-0.2, 0) is 26.2 Å². The minimum Gasteiger partial charge on any atom is -0.354 e. The summed E-state index contributed by atoms with van der Waals surface area (Å²) < 4.78 is 27.8. The number of carbonyl (C=O) groups is 2. The van der Waals surface area contributed by atoms with Gasteiger partial charge in [0.25, 0.3) is 10.0 Å². The Bertz CT molecular complexity index is 1440. The molecule has 37 heavy (non-hydrogen) atoms. The first-order valence-corrected chi connectivity index (χ1v) is 14.4. The molecule has 196 valence electrons. The van der Waals surface area contributed by atoms with E-state index >= 15 is 0 Å². The molecule has 3 aromatic rings. The van der Waals surface area contributed by atoms with Crippen molar-refractivity contribution in [1.29, 1.82) is 0 Å². The van der Waals surface area contributed by atoms with Gasteiger partial charge in [0.2, 0.25) is 11.8 Å². The fourth-order valence-corrected chi connectivity index (χ4v) is 6.60. The molecule has 0 saturated carbocycles. The van der Waals surface area contributed by atoms with Crippen molar-refractivity contribution in [2.24, 2.45) is 0 Å². The minimum absolute atomic E-state index is 0.0745. The maximum atomic E-state index is 13.4. The number of rotatable bonds is 10. The Kier molecular flexibility index (Phi) is 8.31. The van der Waals surface area contributed by atoms with Crippen molar-refractivity contribution in [1.82, 2.24) is 10.2 Å². The van der Waals surface area contributed by atoms with Crippen LogP contribution in [0.2, 0.25) is 10.0 Å². The Morgan fingerprint density at radius 3 is 2.49 bits per heavy atom. The average Bonchev–Trinajstić information content (AvgIpc) is 3.10. The van der Waals surface area contributed by atoms with Gasteiger partial charge in [0.15, 0.2) is 0 Å². The number of hydrogen-bond donors (Lipinski definition) is 1. The van der Waals surface area contributed by atoms with Gasteiger partial charge in [-0.25, -0.2) is 8.42 Å². The molecule has 1 aliphatic rings. The second kappa shape index (κ2) is 11.3. The van der Waals surface area contributed by atoms with Gasteiger partial charge >= 0.3 is 0 Å². The molecule has 0 radical (unpaired) electrons. The topological polar surface area (TPSA) is 86.8 Å². The van der Waals surface area contributed by atoms with Crippen LogP contribution < -0.4 is 9.62 Å². The first-order valence-electron chi connectivity index (χ1n) is 12.2. The Labute approximate surface area is 227 Å². The monoisotopic (exact) mass is 561 g/mol. The number of halogens is 2. The molecule has 1 heterocycles. The Morgan fingerprint density at radius 2 is 1.78 bits per heavy atom. The molecule has 3 aromatic carbocycles. The lowest BCUT2D eigenvalue weighted by Gasteiger charge is -2.29. The van der Waals surface area contributed by atoms with Crippen LogP contribution >= 0.6 is 23.2 Å². The van der Waals surface area contributed by atoms with Crippen molar-refractivity contribution in [3.8, 4) is 0 Å². The summed E-state index contributed by atoms with van der Waals surface area (Å²) in [5.74, 6) is -0.503. The summed E-state index contributed by atoms with van der Waals surface area (Å²) in [5, 5.41) is 5.17. The first-order chi connectivity index (χ1) is 17.6. The van der Waals surface area contributed by atoms with E-state index in [1.165, 1.54) is 9.21 Å². The number of nitrogens with zero attached hydrogens (tertiary/aromatic N) is 2. The molecule has 7 nitrogen and oxygen atoms in total. The zero-order valence-electron chi connectivity index (χ0n) is 20.7. The highest BCUT2D eigenvalue weighted by Crippen LogP contribution is 2.42. The van der Waals surface area contributed by atoms with Gasteiger partial charge in [-0.05, 0) is 55.0 Å². The summed E-state index contributed by atoms with van der Waals surface area (Å²) in [5.41, 5.74) is 1.36. The average molecular weight is 563 g/mol. The van der Waals surface area contributed by atoms with Crippen molar-refractivity contribution in [3.63, 3.8) is 0 Å². The third-order valence-electron chi connectivity index (χ3n) is 6.49. The summed E-state index contributed by atoms with van der Waals surface area (Å²) in [6.07, 6.45) is 1.15. The van der Waals surface area contributed by atoms with E-state index in [-0.39, 0.29) is 36.2 Å². The summed E-state index contributed by atoms with van der Waals surface area (Å²) in [6.45, 7) is 4.47. The Balaban J connectivity index is 1.50. The molecular weight excluding hydrogens is 533 g/mol. The normalized spacial score (nSPS) is 14.5. The van der Waals surface area contributed by atoms with Gasteiger partial charge in [-0.2, -0.15) is 0 Å². The van der Waals surface area contributed by atoms with E-state index in [1.54, 1.807) is 43.3 Å². The molecule has 1 unspecified atom stereocenters. The largest absolute Gasteiger partial charge is 0.354 e. The van der Waals surface area contributed by atoms with E-state index in [0.717, 1.165) is 17.4 Å². The van der Waals surface area contributed by atoms with Crippen LogP contribution in [0.25, 0.3) is 10.8 Å². The molecule has 0 fully saturated rings. The summed E-state index contributed by atoms with van der Waals surface area (Å²) >= 11 is 12.2. The van der Waals surface area contributed by atoms with Crippen molar-refractivity contribution >= 4 is 61.5 Å². The molecule has 0 spiro atoms. The van der Waals surface area contributed by atoms with Crippen molar-refractivity contribution in [2.75, 3.05) is 17.4 Å². The standard InChI is InChI=1S/C27H29Cl2N3O4S/c1-3-14-30-27(34)18(2)31(17-19-12-13-21(28)22(29)16-19)25(33)11-6-15-32-23-9-4-7-20-8-5-10-24(26(20)23)37(32,35)36/h4-5,7-10,12-13,16,18H,3,6,11,14-15,17H2,1-2H3,(H,30,34). The van der Waals surface area contributed by atoms with Crippen LogP contribution in [0, 0.1) is 0 Å². The zero-order chi connectivity index (χ0) is 26.7. The zero-order valence-corrected chi connectivity index (χ0v) is 23.0. The molecule has 0 saturated heterocycles. The fourth-order valence-electron chi connectivity index (χ4n) is 4.53. The lowest BCUT2D eigenvalue weighted by atomic mass is 10.1. The highest BCUT2D eigenvalue weighted by molar-refractivity contribution is 7.93.